The lowest BCUT2D eigenvalue weighted by molar-refractivity contribution is 0.211. The van der Waals surface area contributed by atoms with E-state index in [1.54, 1.807) is 6.07 Å². The lowest BCUT2D eigenvalue weighted by Crippen LogP contribution is -2.45. The van der Waals surface area contributed by atoms with E-state index in [4.69, 9.17) is 23.2 Å². The number of likely N-dealkylation sites (N-methyl/N-ethyl adjacent to an activating group) is 1. The molecule has 0 spiro atoms. The molecule has 2 unspecified atom stereocenters. The van der Waals surface area contributed by atoms with Crippen LogP contribution in [-0.4, -0.2) is 41.0 Å². The Morgan fingerprint density at radius 2 is 1.90 bits per heavy atom. The first-order valence-electron chi connectivity index (χ1n) is 7.32. The molecule has 1 aliphatic rings. The minimum absolute atomic E-state index is 0.417. The van der Waals surface area contributed by atoms with Crippen molar-refractivity contribution < 1.29 is 0 Å². The first-order valence-corrected chi connectivity index (χ1v) is 8.08. The molecule has 0 amide bonds. The van der Waals surface area contributed by atoms with Gasteiger partial charge in [-0.1, -0.05) is 36.0 Å². The van der Waals surface area contributed by atoms with Gasteiger partial charge < -0.3 is 15.2 Å². The van der Waals surface area contributed by atoms with Gasteiger partial charge in [-0.05, 0) is 39.1 Å². The van der Waals surface area contributed by atoms with Gasteiger partial charge in [0, 0.05) is 12.1 Å². The molecule has 114 valence electrons. The highest BCUT2D eigenvalue weighted by Crippen LogP contribution is 2.29. The molecule has 1 aliphatic carbocycles. The molecule has 1 fully saturated rings. The van der Waals surface area contributed by atoms with Crippen molar-refractivity contribution in [2.45, 2.75) is 37.8 Å². The van der Waals surface area contributed by atoms with Gasteiger partial charge in [-0.2, -0.15) is 0 Å². The quantitative estimate of drug-likeness (QED) is 0.890. The summed E-state index contributed by atoms with van der Waals surface area (Å²) >= 11 is 12.1. The molecule has 1 aromatic heterocycles. The minimum atomic E-state index is 0.417. The van der Waals surface area contributed by atoms with Gasteiger partial charge in [-0.3, -0.25) is 0 Å². The highest BCUT2D eigenvalue weighted by atomic mass is 35.5. The molecule has 0 radical (unpaired) electrons. The highest BCUT2D eigenvalue weighted by Gasteiger charge is 2.27. The molecule has 4 nitrogen and oxygen atoms in total. The van der Waals surface area contributed by atoms with Crippen LogP contribution in [0.15, 0.2) is 12.1 Å². The molecule has 2 atom stereocenters. The Morgan fingerprint density at radius 1 is 1.19 bits per heavy atom. The fraction of sp³-hybridized carbons (Fsp3) is 0.533. The summed E-state index contributed by atoms with van der Waals surface area (Å²) < 4.78 is 0. The van der Waals surface area contributed by atoms with Crippen molar-refractivity contribution >= 4 is 40.2 Å². The summed E-state index contributed by atoms with van der Waals surface area (Å²) in [7, 11) is 4.28. The Morgan fingerprint density at radius 3 is 2.67 bits per heavy atom. The molecule has 0 aliphatic heterocycles. The Kier molecular flexibility index (Phi) is 4.29. The van der Waals surface area contributed by atoms with Crippen LogP contribution < -0.4 is 5.32 Å². The van der Waals surface area contributed by atoms with Crippen molar-refractivity contribution in [1.29, 1.82) is 0 Å². The number of benzene rings is 1. The second-order valence-corrected chi connectivity index (χ2v) is 6.75. The van der Waals surface area contributed by atoms with Gasteiger partial charge >= 0.3 is 0 Å². The Balaban J connectivity index is 1.83. The van der Waals surface area contributed by atoms with Gasteiger partial charge in [0.15, 0.2) is 0 Å². The molecule has 1 heterocycles. The number of aromatic amines is 1. The van der Waals surface area contributed by atoms with Crippen LogP contribution in [0, 0.1) is 0 Å². The standard InChI is InChI=1S/C15H20Cl2N4/c1-21(2)14-6-4-3-5-11(14)18-15-19-12-7-9(16)10(17)8-13(12)20-15/h7-8,11,14H,3-6H2,1-2H3,(H2,18,19,20). The maximum absolute atomic E-state index is 6.05. The summed E-state index contributed by atoms with van der Waals surface area (Å²) in [6.45, 7) is 0. The van der Waals surface area contributed by atoms with E-state index in [-0.39, 0.29) is 0 Å². The summed E-state index contributed by atoms with van der Waals surface area (Å²) in [6, 6.07) is 4.58. The van der Waals surface area contributed by atoms with Crippen molar-refractivity contribution in [1.82, 2.24) is 14.9 Å². The molecule has 2 N–H and O–H groups in total. The average Bonchev–Trinajstić information content (AvgIpc) is 2.81. The summed E-state index contributed by atoms with van der Waals surface area (Å²) in [5, 5.41) is 4.62. The minimum Gasteiger partial charge on any atom is -0.351 e. The molecule has 0 saturated heterocycles. The van der Waals surface area contributed by atoms with E-state index in [0.717, 1.165) is 17.0 Å². The Hall–Kier alpha value is -0.970. The second kappa shape index (κ2) is 6.03. The molecule has 3 rings (SSSR count). The second-order valence-electron chi connectivity index (χ2n) is 5.94. The number of anilines is 1. The maximum atomic E-state index is 6.05. The van der Waals surface area contributed by atoms with Gasteiger partial charge in [-0.25, -0.2) is 4.98 Å². The van der Waals surface area contributed by atoms with Crippen molar-refractivity contribution in [3.05, 3.63) is 22.2 Å². The highest BCUT2D eigenvalue weighted by molar-refractivity contribution is 6.42. The third kappa shape index (κ3) is 3.12. The maximum Gasteiger partial charge on any atom is 0.201 e. The van der Waals surface area contributed by atoms with Gasteiger partial charge in [0.1, 0.15) is 0 Å². The number of nitrogens with one attached hydrogen (secondary N) is 2. The lowest BCUT2D eigenvalue weighted by Gasteiger charge is -2.36. The number of halogens is 2. The molecule has 1 saturated carbocycles. The number of H-pyrrole nitrogens is 1. The largest absolute Gasteiger partial charge is 0.351 e. The van der Waals surface area contributed by atoms with Gasteiger partial charge in [0.25, 0.3) is 0 Å². The van der Waals surface area contributed by atoms with Crippen LogP contribution >= 0.6 is 23.2 Å². The fourth-order valence-electron chi connectivity index (χ4n) is 3.15. The molecule has 6 heteroatoms. The van der Waals surface area contributed by atoms with Crippen molar-refractivity contribution in [2.75, 3.05) is 19.4 Å². The number of nitrogens with zero attached hydrogens (tertiary/aromatic N) is 2. The van der Waals surface area contributed by atoms with Crippen LogP contribution in [0.1, 0.15) is 25.7 Å². The molecule has 21 heavy (non-hydrogen) atoms. The smallest absolute Gasteiger partial charge is 0.201 e. The fourth-order valence-corrected chi connectivity index (χ4v) is 3.47. The van der Waals surface area contributed by atoms with Crippen molar-refractivity contribution in [3.63, 3.8) is 0 Å². The zero-order valence-electron chi connectivity index (χ0n) is 12.3. The van der Waals surface area contributed by atoms with E-state index >= 15 is 0 Å². The number of aromatic nitrogens is 2. The van der Waals surface area contributed by atoms with Gasteiger partial charge in [-0.15, -0.1) is 0 Å². The first kappa shape index (κ1) is 14.9. The van der Waals surface area contributed by atoms with E-state index in [1.807, 2.05) is 6.07 Å². The lowest BCUT2D eigenvalue weighted by atomic mass is 9.90. The van der Waals surface area contributed by atoms with E-state index in [0.29, 0.717) is 22.1 Å². The monoisotopic (exact) mass is 326 g/mol. The van der Waals surface area contributed by atoms with Gasteiger partial charge in [0.2, 0.25) is 5.95 Å². The van der Waals surface area contributed by atoms with Crippen molar-refractivity contribution in [2.24, 2.45) is 0 Å². The van der Waals surface area contributed by atoms with E-state index in [2.05, 4.69) is 34.3 Å². The summed E-state index contributed by atoms with van der Waals surface area (Å²) in [6.07, 6.45) is 4.95. The van der Waals surface area contributed by atoms with Crippen LogP contribution in [-0.2, 0) is 0 Å². The van der Waals surface area contributed by atoms with Crippen LogP contribution in [0.4, 0.5) is 5.95 Å². The van der Waals surface area contributed by atoms with Crippen LogP contribution in [0.5, 0.6) is 0 Å². The molecule has 2 aromatic rings. The molecular weight excluding hydrogens is 307 g/mol. The van der Waals surface area contributed by atoms with E-state index < -0.39 is 0 Å². The third-order valence-corrected chi connectivity index (χ3v) is 4.96. The summed E-state index contributed by atoms with van der Waals surface area (Å²) in [5.74, 6) is 0.794. The van der Waals surface area contributed by atoms with Crippen LogP contribution in [0.2, 0.25) is 10.0 Å². The number of imidazole rings is 1. The topological polar surface area (TPSA) is 44.0 Å². The SMILES string of the molecule is CN(C)C1CCCCC1Nc1nc2cc(Cl)c(Cl)cc2[nH]1. The summed E-state index contributed by atoms with van der Waals surface area (Å²) in [4.78, 5) is 10.2. The zero-order valence-corrected chi connectivity index (χ0v) is 13.8. The van der Waals surface area contributed by atoms with Crippen molar-refractivity contribution in [3.8, 4) is 0 Å². The number of rotatable bonds is 3. The third-order valence-electron chi connectivity index (χ3n) is 4.24. The normalized spacial score (nSPS) is 22.9. The van der Waals surface area contributed by atoms with E-state index in [9.17, 15) is 0 Å². The predicted octanol–water partition coefficient (Wildman–Crippen LogP) is 4.15. The zero-order chi connectivity index (χ0) is 15.0. The number of fused-ring (bicyclic) bond motifs is 1. The number of hydrogen-bond donors (Lipinski definition) is 2. The van der Waals surface area contributed by atoms with E-state index in [1.165, 1.54) is 25.7 Å². The average molecular weight is 327 g/mol. The summed E-state index contributed by atoms with van der Waals surface area (Å²) in [5.41, 5.74) is 1.74. The molecule has 1 aromatic carbocycles. The van der Waals surface area contributed by atoms with Crippen LogP contribution in [0.3, 0.4) is 0 Å². The number of hydrogen-bond acceptors (Lipinski definition) is 3. The predicted molar refractivity (Wildman–Crippen MR) is 89.5 cm³/mol. The Labute approximate surface area is 134 Å². The first-order chi connectivity index (χ1) is 10.0. The van der Waals surface area contributed by atoms with Gasteiger partial charge in [0.05, 0.1) is 21.1 Å². The molecular formula is C15H20Cl2N4. The Bertz CT molecular complexity index is 599. The molecule has 0 bridgehead atoms. The van der Waals surface area contributed by atoms with Crippen LogP contribution in [0.25, 0.3) is 11.0 Å².